The second-order valence-electron chi connectivity index (χ2n) is 3.59. The first-order chi connectivity index (χ1) is 7.93. The highest BCUT2D eigenvalue weighted by molar-refractivity contribution is 6.35. The SMILES string of the molecule is CC(C/C(N)=N/O)Nc1cc(Cl)c(F)c(Cl)c1. The van der Waals surface area contributed by atoms with Crippen LogP contribution in [0, 0.1) is 5.82 Å². The summed E-state index contributed by atoms with van der Waals surface area (Å²) in [7, 11) is 0. The normalized spacial score (nSPS) is 13.5. The molecule has 0 radical (unpaired) electrons. The van der Waals surface area contributed by atoms with Gasteiger partial charge in [-0.05, 0) is 19.1 Å². The molecule has 17 heavy (non-hydrogen) atoms. The summed E-state index contributed by atoms with van der Waals surface area (Å²) in [5.41, 5.74) is 5.93. The molecule has 0 bridgehead atoms. The molecule has 0 heterocycles. The van der Waals surface area contributed by atoms with Crippen LogP contribution >= 0.6 is 23.2 Å². The first kappa shape index (κ1) is 13.9. The van der Waals surface area contributed by atoms with Crippen molar-refractivity contribution >= 4 is 34.7 Å². The highest BCUT2D eigenvalue weighted by atomic mass is 35.5. The van der Waals surface area contributed by atoms with Crippen molar-refractivity contribution in [2.75, 3.05) is 5.32 Å². The number of nitrogens with zero attached hydrogens (tertiary/aromatic N) is 1. The Kier molecular flexibility index (Phi) is 4.84. The predicted octanol–water partition coefficient (Wildman–Crippen LogP) is 3.07. The van der Waals surface area contributed by atoms with E-state index in [-0.39, 0.29) is 21.9 Å². The maximum absolute atomic E-state index is 13.1. The highest BCUT2D eigenvalue weighted by Crippen LogP contribution is 2.27. The number of nitrogens with two attached hydrogens (primary N) is 1. The van der Waals surface area contributed by atoms with E-state index in [9.17, 15) is 4.39 Å². The summed E-state index contributed by atoms with van der Waals surface area (Å²) in [6.07, 6.45) is 0.336. The zero-order chi connectivity index (χ0) is 13.0. The largest absolute Gasteiger partial charge is 0.409 e. The third-order valence-electron chi connectivity index (χ3n) is 2.04. The van der Waals surface area contributed by atoms with E-state index in [2.05, 4.69) is 10.5 Å². The summed E-state index contributed by atoms with van der Waals surface area (Å²) in [5.74, 6) is -0.549. The van der Waals surface area contributed by atoms with Crippen LogP contribution in [0.5, 0.6) is 0 Å². The van der Waals surface area contributed by atoms with Gasteiger partial charge in [0.05, 0.1) is 10.0 Å². The molecule has 1 unspecified atom stereocenters. The fourth-order valence-electron chi connectivity index (χ4n) is 1.33. The third kappa shape index (κ3) is 3.94. The first-order valence-corrected chi connectivity index (χ1v) is 5.57. The molecule has 4 N–H and O–H groups in total. The monoisotopic (exact) mass is 279 g/mol. The number of nitrogens with one attached hydrogen (secondary N) is 1. The Morgan fingerprint density at radius 3 is 2.53 bits per heavy atom. The molecule has 0 aliphatic rings. The van der Waals surface area contributed by atoms with E-state index in [0.29, 0.717) is 12.1 Å². The van der Waals surface area contributed by atoms with E-state index < -0.39 is 5.82 Å². The number of halogens is 3. The molecular weight excluding hydrogens is 268 g/mol. The Morgan fingerprint density at radius 1 is 1.53 bits per heavy atom. The lowest BCUT2D eigenvalue weighted by atomic mass is 10.2. The molecule has 1 rings (SSSR count). The third-order valence-corrected chi connectivity index (χ3v) is 2.59. The van der Waals surface area contributed by atoms with Gasteiger partial charge >= 0.3 is 0 Å². The van der Waals surface area contributed by atoms with Gasteiger partial charge in [-0.1, -0.05) is 28.4 Å². The fourth-order valence-corrected chi connectivity index (χ4v) is 1.82. The summed E-state index contributed by atoms with van der Waals surface area (Å²) in [4.78, 5) is 0. The summed E-state index contributed by atoms with van der Waals surface area (Å²) >= 11 is 11.3. The van der Waals surface area contributed by atoms with Crippen molar-refractivity contribution in [3.8, 4) is 0 Å². The van der Waals surface area contributed by atoms with E-state index in [1.165, 1.54) is 12.1 Å². The number of hydrogen-bond donors (Lipinski definition) is 3. The van der Waals surface area contributed by atoms with Gasteiger partial charge in [-0.3, -0.25) is 0 Å². The maximum Gasteiger partial charge on any atom is 0.160 e. The Hall–Kier alpha value is -1.20. The van der Waals surface area contributed by atoms with E-state index >= 15 is 0 Å². The average Bonchev–Trinajstić information content (AvgIpc) is 2.25. The zero-order valence-corrected chi connectivity index (χ0v) is 10.6. The Balaban J connectivity index is 2.75. The summed E-state index contributed by atoms with van der Waals surface area (Å²) < 4.78 is 13.1. The van der Waals surface area contributed by atoms with Gasteiger partial charge in [0.15, 0.2) is 5.82 Å². The zero-order valence-electron chi connectivity index (χ0n) is 9.04. The van der Waals surface area contributed by atoms with Crippen molar-refractivity contribution < 1.29 is 9.60 Å². The van der Waals surface area contributed by atoms with Crippen molar-refractivity contribution in [1.82, 2.24) is 0 Å². The Bertz CT molecular complexity index is 417. The van der Waals surface area contributed by atoms with Crippen molar-refractivity contribution in [2.24, 2.45) is 10.9 Å². The molecule has 0 aliphatic heterocycles. The van der Waals surface area contributed by atoms with Gasteiger partial charge < -0.3 is 16.3 Å². The van der Waals surface area contributed by atoms with Crippen LogP contribution in [-0.2, 0) is 0 Å². The van der Waals surface area contributed by atoms with Gasteiger partial charge in [0.2, 0.25) is 0 Å². The molecule has 0 amide bonds. The number of benzene rings is 1. The molecule has 0 fully saturated rings. The van der Waals surface area contributed by atoms with Crippen molar-refractivity contribution in [3.63, 3.8) is 0 Å². The molecule has 1 atom stereocenters. The summed E-state index contributed by atoms with van der Waals surface area (Å²) in [6.45, 7) is 1.82. The number of hydrogen-bond acceptors (Lipinski definition) is 3. The smallest absolute Gasteiger partial charge is 0.160 e. The topological polar surface area (TPSA) is 70.6 Å². The predicted molar refractivity (Wildman–Crippen MR) is 67.5 cm³/mol. The minimum absolute atomic E-state index is 0.0593. The van der Waals surface area contributed by atoms with Crippen LogP contribution in [0.3, 0.4) is 0 Å². The molecule has 0 saturated carbocycles. The van der Waals surface area contributed by atoms with E-state index in [1.807, 2.05) is 6.92 Å². The van der Waals surface area contributed by atoms with Crippen LogP contribution in [0.15, 0.2) is 17.3 Å². The highest BCUT2D eigenvalue weighted by Gasteiger charge is 2.10. The molecule has 0 saturated heterocycles. The first-order valence-electron chi connectivity index (χ1n) is 4.81. The molecule has 1 aromatic carbocycles. The molecule has 4 nitrogen and oxygen atoms in total. The molecule has 1 aromatic rings. The minimum atomic E-state index is -0.650. The summed E-state index contributed by atoms with van der Waals surface area (Å²) in [6, 6.07) is 2.74. The van der Waals surface area contributed by atoms with Crippen molar-refractivity contribution in [2.45, 2.75) is 19.4 Å². The van der Waals surface area contributed by atoms with Crippen molar-refractivity contribution in [3.05, 3.63) is 28.0 Å². The number of oxime groups is 1. The van der Waals surface area contributed by atoms with E-state index in [4.69, 9.17) is 34.1 Å². The van der Waals surface area contributed by atoms with Gasteiger partial charge in [-0.25, -0.2) is 4.39 Å². The number of rotatable bonds is 4. The Morgan fingerprint density at radius 2 is 2.06 bits per heavy atom. The quantitative estimate of drug-likeness (QED) is 0.261. The minimum Gasteiger partial charge on any atom is -0.409 e. The van der Waals surface area contributed by atoms with Crippen LogP contribution < -0.4 is 11.1 Å². The number of amidine groups is 1. The maximum atomic E-state index is 13.1. The van der Waals surface area contributed by atoms with Crippen LogP contribution in [0.1, 0.15) is 13.3 Å². The standard InChI is InChI=1S/C10H12Cl2FN3O/c1-5(2-9(14)16-17)15-6-3-7(11)10(13)8(12)4-6/h3-5,15,17H,2H2,1H3,(H2,14,16). The molecule has 94 valence electrons. The van der Waals surface area contributed by atoms with Crippen LogP contribution in [0.2, 0.25) is 10.0 Å². The van der Waals surface area contributed by atoms with Gasteiger partial charge in [-0.15, -0.1) is 0 Å². The number of anilines is 1. The fraction of sp³-hybridized carbons (Fsp3) is 0.300. The van der Waals surface area contributed by atoms with Crippen LogP contribution in [-0.4, -0.2) is 17.1 Å². The lowest BCUT2D eigenvalue weighted by Crippen LogP contribution is -2.24. The van der Waals surface area contributed by atoms with E-state index in [1.54, 1.807) is 0 Å². The van der Waals surface area contributed by atoms with Crippen LogP contribution in [0.4, 0.5) is 10.1 Å². The molecule has 7 heteroatoms. The Labute approximate surface area is 108 Å². The molecule has 0 aromatic heterocycles. The summed E-state index contributed by atoms with van der Waals surface area (Å²) in [5, 5.41) is 14.2. The molecular formula is C10H12Cl2FN3O. The van der Waals surface area contributed by atoms with Gasteiger partial charge in [0.1, 0.15) is 5.84 Å². The molecule has 0 aliphatic carbocycles. The second-order valence-corrected chi connectivity index (χ2v) is 4.41. The van der Waals surface area contributed by atoms with Crippen LogP contribution in [0.25, 0.3) is 0 Å². The lowest BCUT2D eigenvalue weighted by Gasteiger charge is -2.15. The van der Waals surface area contributed by atoms with E-state index in [0.717, 1.165) is 0 Å². The van der Waals surface area contributed by atoms with Gasteiger partial charge in [0, 0.05) is 18.2 Å². The van der Waals surface area contributed by atoms with Gasteiger partial charge in [-0.2, -0.15) is 0 Å². The lowest BCUT2D eigenvalue weighted by molar-refractivity contribution is 0.316. The average molecular weight is 280 g/mol. The van der Waals surface area contributed by atoms with Crippen molar-refractivity contribution in [1.29, 1.82) is 0 Å². The molecule has 0 spiro atoms. The second kappa shape index (κ2) is 5.93. The van der Waals surface area contributed by atoms with Gasteiger partial charge in [0.25, 0.3) is 0 Å².